The molecule has 0 aliphatic carbocycles. The van der Waals surface area contributed by atoms with E-state index in [0.717, 1.165) is 0 Å². The van der Waals surface area contributed by atoms with Gasteiger partial charge < -0.3 is 0 Å². The van der Waals surface area contributed by atoms with E-state index < -0.39 is 0 Å². The van der Waals surface area contributed by atoms with Gasteiger partial charge in [-0.25, -0.2) is 9.97 Å². The second-order valence-corrected chi connectivity index (χ2v) is 3.35. The molecule has 0 aliphatic heterocycles. The van der Waals surface area contributed by atoms with Crippen LogP contribution in [0.3, 0.4) is 0 Å². The Bertz CT molecular complexity index is 542. The Labute approximate surface area is 94.7 Å². The molecule has 7 heteroatoms. The third kappa shape index (κ3) is 1.77. The van der Waals surface area contributed by atoms with Crippen LogP contribution in [-0.2, 0) is 0 Å². The Morgan fingerprint density at radius 3 is 2.73 bits per heavy atom. The normalized spacial score (nSPS) is 9.93. The SMILES string of the molecule is N#Cc1cnc(Cl)nc1-c1[nH]ncc1Cl. The van der Waals surface area contributed by atoms with Crippen LogP contribution < -0.4 is 0 Å². The minimum Gasteiger partial charge on any atom is -0.275 e. The first kappa shape index (κ1) is 9.90. The lowest BCUT2D eigenvalue weighted by molar-refractivity contribution is 1.07. The fourth-order valence-corrected chi connectivity index (χ4v) is 1.38. The van der Waals surface area contributed by atoms with Crippen molar-refractivity contribution in [2.75, 3.05) is 0 Å². The van der Waals surface area contributed by atoms with Gasteiger partial charge in [0.2, 0.25) is 5.28 Å². The highest BCUT2D eigenvalue weighted by molar-refractivity contribution is 6.33. The molecule has 2 heterocycles. The van der Waals surface area contributed by atoms with Crippen LogP contribution in [0.15, 0.2) is 12.4 Å². The van der Waals surface area contributed by atoms with E-state index >= 15 is 0 Å². The smallest absolute Gasteiger partial charge is 0.223 e. The lowest BCUT2D eigenvalue weighted by Gasteiger charge is -2.00. The lowest BCUT2D eigenvalue weighted by atomic mass is 10.2. The molecular formula is C8H3Cl2N5. The molecule has 74 valence electrons. The first-order valence-electron chi connectivity index (χ1n) is 3.84. The second kappa shape index (κ2) is 3.85. The van der Waals surface area contributed by atoms with Gasteiger partial charge in [-0.2, -0.15) is 10.4 Å². The van der Waals surface area contributed by atoms with Crippen LogP contribution in [0.25, 0.3) is 11.4 Å². The highest BCUT2D eigenvalue weighted by atomic mass is 35.5. The molecular weight excluding hydrogens is 237 g/mol. The number of halogens is 2. The number of hydrogen-bond donors (Lipinski definition) is 1. The summed E-state index contributed by atoms with van der Waals surface area (Å²) in [7, 11) is 0. The molecule has 0 unspecified atom stereocenters. The van der Waals surface area contributed by atoms with E-state index in [-0.39, 0.29) is 10.8 Å². The van der Waals surface area contributed by atoms with Crippen LogP contribution in [0.5, 0.6) is 0 Å². The van der Waals surface area contributed by atoms with E-state index in [1.54, 1.807) is 0 Å². The van der Waals surface area contributed by atoms with E-state index in [1.165, 1.54) is 12.4 Å². The number of nitrogens with one attached hydrogen (secondary N) is 1. The summed E-state index contributed by atoms with van der Waals surface area (Å²) in [6, 6.07) is 1.95. The molecule has 0 saturated heterocycles. The predicted octanol–water partition coefficient (Wildman–Crippen LogP) is 2.05. The molecule has 0 radical (unpaired) electrons. The fraction of sp³-hybridized carbons (Fsp3) is 0. The number of nitrogens with zero attached hydrogens (tertiary/aromatic N) is 4. The van der Waals surface area contributed by atoms with E-state index in [9.17, 15) is 0 Å². The molecule has 0 bridgehead atoms. The monoisotopic (exact) mass is 239 g/mol. The molecule has 0 amide bonds. The maximum atomic E-state index is 8.85. The van der Waals surface area contributed by atoms with Gasteiger partial charge in [-0.1, -0.05) is 11.6 Å². The Hall–Kier alpha value is -1.64. The van der Waals surface area contributed by atoms with Crippen LogP contribution in [0.4, 0.5) is 0 Å². The minimum absolute atomic E-state index is 0.0506. The number of rotatable bonds is 1. The van der Waals surface area contributed by atoms with Crippen molar-refractivity contribution in [3.05, 3.63) is 28.3 Å². The largest absolute Gasteiger partial charge is 0.275 e. The van der Waals surface area contributed by atoms with Gasteiger partial charge in [-0.3, -0.25) is 5.10 Å². The number of aromatic nitrogens is 4. The molecule has 0 atom stereocenters. The average Bonchev–Trinajstić information content (AvgIpc) is 2.64. The summed E-state index contributed by atoms with van der Waals surface area (Å²) in [6.45, 7) is 0. The summed E-state index contributed by atoms with van der Waals surface area (Å²) in [5, 5.41) is 15.7. The Morgan fingerprint density at radius 2 is 2.13 bits per heavy atom. The summed E-state index contributed by atoms with van der Waals surface area (Å²) >= 11 is 11.5. The molecule has 0 fully saturated rings. The lowest BCUT2D eigenvalue weighted by Crippen LogP contribution is -1.93. The Morgan fingerprint density at radius 1 is 1.33 bits per heavy atom. The molecule has 0 aromatic carbocycles. The first-order chi connectivity index (χ1) is 7.22. The minimum atomic E-state index is 0.0506. The molecule has 0 saturated carbocycles. The number of H-pyrrole nitrogens is 1. The van der Waals surface area contributed by atoms with Gasteiger partial charge in [0.1, 0.15) is 17.5 Å². The van der Waals surface area contributed by atoms with Gasteiger partial charge in [0, 0.05) is 0 Å². The molecule has 0 aliphatic rings. The number of nitriles is 1. The molecule has 0 spiro atoms. The van der Waals surface area contributed by atoms with Crippen LogP contribution in [0.1, 0.15) is 5.56 Å². The van der Waals surface area contributed by atoms with Crippen molar-refractivity contribution in [1.82, 2.24) is 20.2 Å². The van der Waals surface area contributed by atoms with Crippen molar-refractivity contribution in [1.29, 1.82) is 5.26 Å². The first-order valence-corrected chi connectivity index (χ1v) is 4.60. The van der Waals surface area contributed by atoms with Crippen molar-refractivity contribution in [3.8, 4) is 17.5 Å². The van der Waals surface area contributed by atoms with Crippen molar-refractivity contribution < 1.29 is 0 Å². The summed E-state index contributed by atoms with van der Waals surface area (Å²) in [5.41, 5.74) is 1.09. The molecule has 1 N–H and O–H groups in total. The van der Waals surface area contributed by atoms with Gasteiger partial charge in [0.25, 0.3) is 0 Å². The zero-order valence-corrected chi connectivity index (χ0v) is 8.71. The quantitative estimate of drug-likeness (QED) is 0.773. The Kier molecular flexibility index (Phi) is 2.54. The van der Waals surface area contributed by atoms with Gasteiger partial charge in [-0.15, -0.1) is 0 Å². The maximum Gasteiger partial charge on any atom is 0.223 e. The van der Waals surface area contributed by atoms with Gasteiger partial charge in [-0.05, 0) is 11.6 Å². The van der Waals surface area contributed by atoms with Crippen molar-refractivity contribution in [2.24, 2.45) is 0 Å². The van der Waals surface area contributed by atoms with Crippen LogP contribution in [-0.4, -0.2) is 20.2 Å². The van der Waals surface area contributed by atoms with Gasteiger partial charge >= 0.3 is 0 Å². The Balaban J connectivity index is 2.67. The van der Waals surface area contributed by atoms with E-state index in [2.05, 4.69) is 20.2 Å². The predicted molar refractivity (Wildman–Crippen MR) is 54.3 cm³/mol. The third-order valence-corrected chi connectivity index (χ3v) is 2.18. The maximum absolute atomic E-state index is 8.85. The number of aromatic amines is 1. The van der Waals surface area contributed by atoms with E-state index in [0.29, 0.717) is 16.4 Å². The van der Waals surface area contributed by atoms with E-state index in [4.69, 9.17) is 28.5 Å². The molecule has 2 aromatic rings. The third-order valence-electron chi connectivity index (χ3n) is 1.71. The summed E-state index contributed by atoms with van der Waals surface area (Å²) < 4.78 is 0. The van der Waals surface area contributed by atoms with Crippen molar-refractivity contribution >= 4 is 23.2 Å². The molecule has 15 heavy (non-hydrogen) atoms. The standard InChI is InChI=1S/C8H3Cl2N5/c9-5-3-13-15-7(5)6-4(1-11)2-12-8(10)14-6/h2-3H,(H,13,15). The summed E-state index contributed by atoms with van der Waals surface area (Å²) in [6.07, 6.45) is 2.76. The highest BCUT2D eigenvalue weighted by Crippen LogP contribution is 2.26. The van der Waals surface area contributed by atoms with Gasteiger partial charge in [0.05, 0.1) is 23.0 Å². The fourth-order valence-electron chi connectivity index (χ4n) is 1.07. The second-order valence-electron chi connectivity index (χ2n) is 2.61. The van der Waals surface area contributed by atoms with E-state index in [1.807, 2.05) is 6.07 Å². The molecule has 2 rings (SSSR count). The van der Waals surface area contributed by atoms with Crippen molar-refractivity contribution in [3.63, 3.8) is 0 Å². The van der Waals surface area contributed by atoms with Crippen LogP contribution in [0.2, 0.25) is 10.3 Å². The average molecular weight is 240 g/mol. The zero-order valence-electron chi connectivity index (χ0n) is 7.20. The van der Waals surface area contributed by atoms with Crippen LogP contribution >= 0.6 is 23.2 Å². The van der Waals surface area contributed by atoms with Gasteiger partial charge in [0.15, 0.2) is 0 Å². The zero-order chi connectivity index (χ0) is 10.8. The molecule has 2 aromatic heterocycles. The summed E-state index contributed by atoms with van der Waals surface area (Å²) in [4.78, 5) is 7.63. The topological polar surface area (TPSA) is 78.2 Å². The molecule has 5 nitrogen and oxygen atoms in total. The van der Waals surface area contributed by atoms with Crippen LogP contribution in [0, 0.1) is 11.3 Å². The van der Waals surface area contributed by atoms with Crippen molar-refractivity contribution in [2.45, 2.75) is 0 Å². The number of hydrogen-bond acceptors (Lipinski definition) is 4. The highest BCUT2D eigenvalue weighted by Gasteiger charge is 2.13. The summed E-state index contributed by atoms with van der Waals surface area (Å²) in [5.74, 6) is 0.